The molecule has 4 aromatic rings. The first-order valence-electron chi connectivity index (χ1n) is 15.7. The van der Waals surface area contributed by atoms with Gasteiger partial charge in [0.2, 0.25) is 23.6 Å². The maximum Gasteiger partial charge on any atom is 0.247 e. The van der Waals surface area contributed by atoms with E-state index >= 15 is 0 Å². The van der Waals surface area contributed by atoms with E-state index in [4.69, 9.17) is 4.98 Å². The van der Waals surface area contributed by atoms with Gasteiger partial charge in [0.25, 0.3) is 0 Å². The fraction of sp³-hybridized carbons (Fsp3) is 0.306. The lowest BCUT2D eigenvalue weighted by Crippen LogP contribution is -2.43. The normalized spacial score (nSPS) is 17.6. The van der Waals surface area contributed by atoms with Crippen molar-refractivity contribution in [1.82, 2.24) is 14.8 Å². The minimum absolute atomic E-state index is 0.0329. The highest BCUT2D eigenvalue weighted by Crippen LogP contribution is 2.37. The number of hydrogen-bond acceptors (Lipinski definition) is 6. The highest BCUT2D eigenvalue weighted by Gasteiger charge is 2.34. The number of likely N-dealkylation sites (tertiary alicyclic amines) is 2. The summed E-state index contributed by atoms with van der Waals surface area (Å²) >= 11 is 1.59. The fourth-order valence-corrected chi connectivity index (χ4v) is 7.26. The van der Waals surface area contributed by atoms with Crippen LogP contribution in [0.4, 0.5) is 11.4 Å². The van der Waals surface area contributed by atoms with Crippen LogP contribution in [0.25, 0.3) is 21.7 Å². The zero-order chi connectivity index (χ0) is 32.2. The second-order valence-corrected chi connectivity index (χ2v) is 13.0. The van der Waals surface area contributed by atoms with E-state index in [0.29, 0.717) is 37.3 Å². The lowest BCUT2D eigenvalue weighted by Gasteiger charge is -2.24. The number of carbonyl (C=O) groups is 4. The number of rotatable bonds is 8. The molecule has 3 aromatic carbocycles. The van der Waals surface area contributed by atoms with Crippen LogP contribution in [0, 0.1) is 6.92 Å². The molecule has 2 saturated heterocycles. The van der Waals surface area contributed by atoms with Crippen LogP contribution < -0.4 is 10.6 Å². The highest BCUT2D eigenvalue weighted by atomic mass is 32.1. The lowest BCUT2D eigenvalue weighted by atomic mass is 10.1. The molecule has 10 heteroatoms. The summed E-state index contributed by atoms with van der Waals surface area (Å²) in [6, 6.07) is 24.0. The van der Waals surface area contributed by atoms with E-state index in [1.165, 1.54) is 6.92 Å². The van der Waals surface area contributed by atoms with Gasteiger partial charge in [0.15, 0.2) is 0 Å². The molecule has 0 unspecified atom stereocenters. The molecule has 0 saturated carbocycles. The Bertz CT molecular complexity index is 1740. The number of nitrogens with zero attached hydrogens (tertiary/aromatic N) is 3. The zero-order valence-electron chi connectivity index (χ0n) is 26.0. The molecule has 2 N–H and O–H groups in total. The third kappa shape index (κ3) is 6.87. The third-order valence-corrected chi connectivity index (χ3v) is 9.63. The molecule has 4 amide bonds. The van der Waals surface area contributed by atoms with Gasteiger partial charge in [-0.25, -0.2) is 4.98 Å². The van der Waals surface area contributed by atoms with Crippen molar-refractivity contribution < 1.29 is 19.2 Å². The topological polar surface area (TPSA) is 112 Å². The Morgan fingerprint density at radius 1 is 0.761 bits per heavy atom. The van der Waals surface area contributed by atoms with E-state index in [2.05, 4.69) is 10.6 Å². The summed E-state index contributed by atoms with van der Waals surface area (Å²) in [6.07, 6.45) is 3.23. The van der Waals surface area contributed by atoms with Crippen LogP contribution >= 0.6 is 11.3 Å². The number of benzene rings is 3. The van der Waals surface area contributed by atoms with Crippen molar-refractivity contribution in [3.8, 4) is 21.7 Å². The van der Waals surface area contributed by atoms with Crippen LogP contribution in [0.15, 0.2) is 78.9 Å². The molecule has 2 fully saturated rings. The molecular formula is C36H37N5O4S. The molecular weight excluding hydrogens is 598 g/mol. The molecule has 1 aromatic heterocycles. The van der Waals surface area contributed by atoms with Crippen molar-refractivity contribution >= 4 is 46.3 Å². The maximum absolute atomic E-state index is 13.2. The minimum atomic E-state index is -0.484. The van der Waals surface area contributed by atoms with Gasteiger partial charge in [-0.1, -0.05) is 54.6 Å². The van der Waals surface area contributed by atoms with E-state index < -0.39 is 12.1 Å². The number of anilines is 2. The first-order valence-corrected chi connectivity index (χ1v) is 16.5. The first-order chi connectivity index (χ1) is 22.3. The van der Waals surface area contributed by atoms with Crippen LogP contribution in [-0.2, 0) is 25.6 Å². The summed E-state index contributed by atoms with van der Waals surface area (Å²) in [7, 11) is 0. The van der Waals surface area contributed by atoms with Crippen molar-refractivity contribution in [2.45, 2.75) is 58.0 Å². The van der Waals surface area contributed by atoms with Gasteiger partial charge < -0.3 is 20.4 Å². The minimum Gasteiger partial charge on any atom is -0.331 e. The van der Waals surface area contributed by atoms with Crippen LogP contribution in [0.1, 0.15) is 43.2 Å². The van der Waals surface area contributed by atoms with Gasteiger partial charge in [-0.15, -0.1) is 11.3 Å². The van der Waals surface area contributed by atoms with Gasteiger partial charge in [-0.2, -0.15) is 0 Å². The monoisotopic (exact) mass is 635 g/mol. The van der Waals surface area contributed by atoms with Crippen molar-refractivity contribution in [2.24, 2.45) is 0 Å². The lowest BCUT2D eigenvalue weighted by molar-refractivity contribution is -0.136. The summed E-state index contributed by atoms with van der Waals surface area (Å²) in [4.78, 5) is 60.1. The van der Waals surface area contributed by atoms with Crippen molar-refractivity contribution in [3.05, 3.63) is 89.4 Å². The van der Waals surface area contributed by atoms with Crippen LogP contribution in [0.3, 0.4) is 0 Å². The van der Waals surface area contributed by atoms with Crippen LogP contribution in [0.2, 0.25) is 0 Å². The molecule has 2 aliphatic rings. The highest BCUT2D eigenvalue weighted by molar-refractivity contribution is 7.15. The molecule has 0 aliphatic carbocycles. The zero-order valence-corrected chi connectivity index (χ0v) is 26.8. The van der Waals surface area contributed by atoms with Gasteiger partial charge in [-0.3, -0.25) is 19.2 Å². The SMILES string of the molecule is CC(=O)N1CCC[C@H]1C(=O)Nc1ccc(-c2sc(C)nc2-c2ccc(NC(=O)[C@@H]3CCCN3C(=O)Cc3ccccc3)cc2)cc1. The molecule has 0 bridgehead atoms. The number of thiazole rings is 1. The molecule has 236 valence electrons. The van der Waals surface area contributed by atoms with E-state index in [1.807, 2.05) is 85.8 Å². The standard InChI is InChI=1S/C36H37N5O4S/c1-23-37-33(34(46-23)27-14-18-29(19-15-27)38-35(44)30-10-6-20-40(30)24(2)42)26-12-16-28(17-13-26)39-36(45)31-11-7-21-41(31)32(43)22-25-8-4-3-5-9-25/h3-5,8-9,12-19,30-31H,6-7,10-11,20-22H2,1-2H3,(H,38,44)(H,39,45)/t30-,31-/m0/s1. The van der Waals surface area contributed by atoms with E-state index in [9.17, 15) is 19.2 Å². The average Bonchev–Trinajstić information content (AvgIpc) is 3.82. The quantitative estimate of drug-likeness (QED) is 0.250. The molecule has 2 aliphatic heterocycles. The Kier molecular flexibility index (Phi) is 9.25. The summed E-state index contributed by atoms with van der Waals surface area (Å²) in [5, 5.41) is 6.89. The number of amides is 4. The van der Waals surface area contributed by atoms with Crippen molar-refractivity contribution in [2.75, 3.05) is 23.7 Å². The Balaban J connectivity index is 1.11. The third-order valence-electron chi connectivity index (χ3n) is 8.61. The summed E-state index contributed by atoms with van der Waals surface area (Å²) in [5.41, 5.74) is 5.01. The number of nitrogens with one attached hydrogen (secondary N) is 2. The number of carbonyl (C=O) groups excluding carboxylic acids is 4. The van der Waals surface area contributed by atoms with Crippen molar-refractivity contribution in [3.63, 3.8) is 0 Å². The molecule has 3 heterocycles. The molecule has 0 radical (unpaired) electrons. The Hall–Kier alpha value is -4.83. The molecule has 0 spiro atoms. The Labute approximate surface area is 272 Å². The van der Waals surface area contributed by atoms with Gasteiger partial charge in [-0.05, 0) is 68.0 Å². The van der Waals surface area contributed by atoms with Gasteiger partial charge in [0.1, 0.15) is 12.1 Å². The number of aromatic nitrogens is 1. The summed E-state index contributed by atoms with van der Waals surface area (Å²) in [5.74, 6) is -0.454. The smallest absolute Gasteiger partial charge is 0.247 e. The van der Waals surface area contributed by atoms with Gasteiger partial charge in [0.05, 0.1) is 22.0 Å². The second-order valence-electron chi connectivity index (χ2n) is 11.8. The fourth-order valence-electron chi connectivity index (χ4n) is 6.31. The number of aryl methyl sites for hydroxylation is 1. The van der Waals surface area contributed by atoms with E-state index in [0.717, 1.165) is 45.1 Å². The largest absolute Gasteiger partial charge is 0.331 e. The van der Waals surface area contributed by atoms with E-state index in [1.54, 1.807) is 21.1 Å². The molecule has 9 nitrogen and oxygen atoms in total. The number of hydrogen-bond donors (Lipinski definition) is 2. The molecule has 2 atom stereocenters. The van der Waals surface area contributed by atoms with Crippen molar-refractivity contribution in [1.29, 1.82) is 0 Å². The molecule has 46 heavy (non-hydrogen) atoms. The van der Waals surface area contributed by atoms with Crippen LogP contribution in [-0.4, -0.2) is 63.6 Å². The molecule has 6 rings (SSSR count). The summed E-state index contributed by atoms with van der Waals surface area (Å²) < 4.78 is 0. The van der Waals surface area contributed by atoms with E-state index in [-0.39, 0.29) is 30.0 Å². The summed E-state index contributed by atoms with van der Waals surface area (Å²) in [6.45, 7) is 4.67. The maximum atomic E-state index is 13.2. The van der Waals surface area contributed by atoms with Gasteiger partial charge in [0, 0.05) is 37.0 Å². The Morgan fingerprint density at radius 2 is 1.30 bits per heavy atom. The predicted molar refractivity (Wildman–Crippen MR) is 180 cm³/mol. The Morgan fingerprint density at radius 3 is 1.89 bits per heavy atom. The van der Waals surface area contributed by atoms with Gasteiger partial charge >= 0.3 is 0 Å². The second kappa shape index (κ2) is 13.7. The average molecular weight is 636 g/mol. The van der Waals surface area contributed by atoms with Crippen LogP contribution in [0.5, 0.6) is 0 Å². The first kappa shape index (κ1) is 31.2. The predicted octanol–water partition coefficient (Wildman–Crippen LogP) is 5.91.